The van der Waals surface area contributed by atoms with E-state index in [-0.39, 0.29) is 0 Å². The van der Waals surface area contributed by atoms with E-state index in [1.54, 1.807) is 0 Å². The average molecular weight is 689 g/mol. The van der Waals surface area contributed by atoms with Crippen LogP contribution in [0.25, 0.3) is 110 Å². The van der Waals surface area contributed by atoms with E-state index < -0.39 is 0 Å². The zero-order valence-electron chi connectivity index (χ0n) is 29.3. The number of fused-ring (bicyclic) bond motifs is 6. The molecule has 0 N–H and O–H groups in total. The topological polar surface area (TPSA) is 26.3 Å². The molecule has 0 bridgehead atoms. The van der Waals surface area contributed by atoms with Gasteiger partial charge in [0.15, 0.2) is 0 Å². The highest BCUT2D eigenvalue weighted by atomic mass is 16.3. The Morgan fingerprint density at radius 2 is 0.722 bits per heavy atom. The second-order valence-corrected chi connectivity index (χ2v) is 13.9. The first-order chi connectivity index (χ1) is 26.8. The third kappa shape index (κ3) is 4.74. The lowest BCUT2D eigenvalue weighted by atomic mass is 9.83. The molecular formula is C52H32O2. The fourth-order valence-corrected chi connectivity index (χ4v) is 8.51. The molecule has 0 aliphatic carbocycles. The first-order valence-electron chi connectivity index (χ1n) is 18.4. The van der Waals surface area contributed by atoms with Crippen molar-refractivity contribution in [2.75, 3.05) is 0 Å². The summed E-state index contributed by atoms with van der Waals surface area (Å²) in [6.45, 7) is 0. The molecule has 9 aromatic carbocycles. The van der Waals surface area contributed by atoms with E-state index in [2.05, 4.69) is 182 Å². The number of rotatable bonds is 5. The second-order valence-electron chi connectivity index (χ2n) is 13.9. The molecule has 54 heavy (non-hydrogen) atoms. The molecule has 11 rings (SSSR count). The van der Waals surface area contributed by atoms with Gasteiger partial charge in [-0.2, -0.15) is 0 Å². The molecule has 0 unspecified atom stereocenters. The van der Waals surface area contributed by atoms with Crippen LogP contribution < -0.4 is 0 Å². The summed E-state index contributed by atoms with van der Waals surface area (Å²) in [5, 5.41) is 8.03. The fraction of sp³-hybridized carbons (Fsp3) is 0. The Morgan fingerprint density at radius 1 is 0.241 bits per heavy atom. The lowest BCUT2D eigenvalue weighted by Crippen LogP contribution is -1.92. The van der Waals surface area contributed by atoms with Crippen LogP contribution in [0.2, 0.25) is 0 Å². The summed E-state index contributed by atoms with van der Waals surface area (Å²) in [6.07, 6.45) is 0. The second kappa shape index (κ2) is 12.2. The van der Waals surface area contributed by atoms with Crippen LogP contribution >= 0.6 is 0 Å². The largest absolute Gasteiger partial charge is 0.456 e. The van der Waals surface area contributed by atoms with E-state index in [1.165, 1.54) is 49.4 Å². The molecule has 0 saturated carbocycles. The molecule has 2 heteroatoms. The summed E-state index contributed by atoms with van der Waals surface area (Å²) in [4.78, 5) is 0. The number of hydrogen-bond acceptors (Lipinski definition) is 2. The Balaban J connectivity index is 1.15. The van der Waals surface area contributed by atoms with Gasteiger partial charge in [0.25, 0.3) is 0 Å². The summed E-state index contributed by atoms with van der Waals surface area (Å²) in [5.74, 6) is 0.862. The minimum absolute atomic E-state index is 0.839. The van der Waals surface area contributed by atoms with Gasteiger partial charge < -0.3 is 8.83 Å². The molecule has 0 fully saturated rings. The van der Waals surface area contributed by atoms with Gasteiger partial charge in [0.05, 0.1) is 0 Å². The number of benzene rings is 9. The van der Waals surface area contributed by atoms with Gasteiger partial charge in [-0.15, -0.1) is 0 Å². The first kappa shape index (κ1) is 30.5. The first-order valence-corrected chi connectivity index (χ1v) is 18.4. The Morgan fingerprint density at radius 3 is 1.37 bits per heavy atom. The van der Waals surface area contributed by atoms with Gasteiger partial charge in [-0.05, 0) is 84.8 Å². The molecule has 11 aromatic rings. The Hall–Kier alpha value is -7.16. The number of hydrogen-bond donors (Lipinski definition) is 0. The Kier molecular flexibility index (Phi) is 6.90. The van der Waals surface area contributed by atoms with Crippen molar-refractivity contribution in [2.24, 2.45) is 0 Å². The van der Waals surface area contributed by atoms with Crippen LogP contribution in [0.3, 0.4) is 0 Å². The average Bonchev–Trinajstić information content (AvgIpc) is 3.80. The molecule has 0 radical (unpaired) electrons. The molecule has 0 aliphatic heterocycles. The maximum absolute atomic E-state index is 6.75. The standard InChI is InChI=1S/C52H32O2/c1-4-16-33(17-5-1)37-22-10-11-23-38(37)51-41-26-14-12-24-39(41)49(40-25-13-15-27-42(40)51)36-28-29-46-43(30-36)44-31-48-45(32-47(44)53-46)50(34-18-6-2-7-19-34)52(54-48)35-20-8-3-9-21-35/h1-32H. The maximum Gasteiger partial charge on any atom is 0.143 e. The van der Waals surface area contributed by atoms with E-state index in [0.717, 1.165) is 60.9 Å². The van der Waals surface area contributed by atoms with Crippen molar-refractivity contribution in [3.05, 3.63) is 194 Å². The fourth-order valence-electron chi connectivity index (χ4n) is 8.51. The summed E-state index contributed by atoms with van der Waals surface area (Å²) >= 11 is 0. The van der Waals surface area contributed by atoms with E-state index in [0.29, 0.717) is 0 Å². The molecule has 2 heterocycles. The van der Waals surface area contributed by atoms with Crippen molar-refractivity contribution in [1.82, 2.24) is 0 Å². The quantitative estimate of drug-likeness (QED) is 0.168. The zero-order valence-corrected chi connectivity index (χ0v) is 29.3. The van der Waals surface area contributed by atoms with Crippen molar-refractivity contribution in [2.45, 2.75) is 0 Å². The third-order valence-corrected chi connectivity index (χ3v) is 10.9. The molecule has 0 saturated heterocycles. The molecular weight excluding hydrogens is 657 g/mol. The third-order valence-electron chi connectivity index (χ3n) is 10.9. The summed E-state index contributed by atoms with van der Waals surface area (Å²) in [6, 6.07) is 69.0. The lowest BCUT2D eigenvalue weighted by molar-refractivity contribution is 0.632. The predicted octanol–water partition coefficient (Wildman–Crippen LogP) is 15.0. The maximum atomic E-state index is 6.75. The van der Waals surface area contributed by atoms with Crippen LogP contribution in [-0.4, -0.2) is 0 Å². The Labute approximate surface area is 312 Å². The van der Waals surface area contributed by atoms with Gasteiger partial charge in [-0.25, -0.2) is 0 Å². The molecule has 0 spiro atoms. The van der Waals surface area contributed by atoms with Gasteiger partial charge >= 0.3 is 0 Å². The highest BCUT2D eigenvalue weighted by molar-refractivity contribution is 6.23. The monoisotopic (exact) mass is 688 g/mol. The van der Waals surface area contributed by atoms with Crippen LogP contribution in [0.5, 0.6) is 0 Å². The lowest BCUT2D eigenvalue weighted by Gasteiger charge is -2.19. The van der Waals surface area contributed by atoms with E-state index in [4.69, 9.17) is 8.83 Å². The van der Waals surface area contributed by atoms with Crippen LogP contribution in [-0.2, 0) is 0 Å². The minimum atomic E-state index is 0.839. The van der Waals surface area contributed by atoms with Gasteiger partial charge in [-0.3, -0.25) is 0 Å². The highest BCUT2D eigenvalue weighted by Gasteiger charge is 2.22. The van der Waals surface area contributed by atoms with E-state index >= 15 is 0 Å². The van der Waals surface area contributed by atoms with Crippen molar-refractivity contribution < 1.29 is 8.83 Å². The molecule has 252 valence electrons. The van der Waals surface area contributed by atoms with Gasteiger partial charge in [0.2, 0.25) is 0 Å². The van der Waals surface area contributed by atoms with Crippen molar-refractivity contribution in [3.63, 3.8) is 0 Å². The van der Waals surface area contributed by atoms with Crippen LogP contribution in [0.1, 0.15) is 0 Å². The summed E-state index contributed by atoms with van der Waals surface area (Å²) in [7, 11) is 0. The van der Waals surface area contributed by atoms with Crippen LogP contribution in [0.15, 0.2) is 203 Å². The minimum Gasteiger partial charge on any atom is -0.456 e. The molecule has 0 amide bonds. The van der Waals surface area contributed by atoms with Gasteiger partial charge in [-0.1, -0.05) is 170 Å². The molecule has 2 aromatic heterocycles. The summed E-state index contributed by atoms with van der Waals surface area (Å²) < 4.78 is 13.4. The number of furan rings is 2. The molecule has 0 aliphatic rings. The highest BCUT2D eigenvalue weighted by Crippen LogP contribution is 2.48. The van der Waals surface area contributed by atoms with E-state index in [1.807, 2.05) is 12.1 Å². The molecule has 2 nitrogen and oxygen atoms in total. The predicted molar refractivity (Wildman–Crippen MR) is 226 cm³/mol. The van der Waals surface area contributed by atoms with Gasteiger partial charge in [0, 0.05) is 27.3 Å². The molecule has 0 atom stereocenters. The van der Waals surface area contributed by atoms with Crippen LogP contribution in [0.4, 0.5) is 0 Å². The zero-order chi connectivity index (χ0) is 35.6. The van der Waals surface area contributed by atoms with Crippen LogP contribution in [0, 0.1) is 0 Å². The summed E-state index contributed by atoms with van der Waals surface area (Å²) in [5.41, 5.74) is 13.0. The van der Waals surface area contributed by atoms with Crippen molar-refractivity contribution in [1.29, 1.82) is 0 Å². The Bertz CT molecular complexity index is 3130. The van der Waals surface area contributed by atoms with Crippen molar-refractivity contribution >= 4 is 54.5 Å². The normalized spacial score (nSPS) is 11.7. The SMILES string of the molecule is c1ccc(-c2ccccc2-c2c3ccccc3c(-c3ccc4oc5cc6c(-c7ccccc7)c(-c7ccccc7)oc6cc5c4c3)c3ccccc23)cc1. The van der Waals surface area contributed by atoms with Gasteiger partial charge in [0.1, 0.15) is 22.5 Å². The smallest absolute Gasteiger partial charge is 0.143 e. The van der Waals surface area contributed by atoms with Crippen molar-refractivity contribution in [3.8, 4) is 55.8 Å². The van der Waals surface area contributed by atoms with E-state index in [9.17, 15) is 0 Å².